The molecule has 0 aromatic heterocycles. The van der Waals surface area contributed by atoms with Gasteiger partial charge in [0.1, 0.15) is 0 Å². The summed E-state index contributed by atoms with van der Waals surface area (Å²) in [6.07, 6.45) is -4.27. The van der Waals surface area contributed by atoms with Gasteiger partial charge in [0.25, 0.3) is 0 Å². The number of halogens is 3. The topological polar surface area (TPSA) is 29.5 Å². The molecule has 0 bridgehead atoms. The second-order valence-corrected chi connectivity index (χ2v) is 5.86. The fraction of sp³-hybridized carbons (Fsp3) is 0.588. The first-order valence-electron chi connectivity index (χ1n) is 7.45. The van der Waals surface area contributed by atoms with Crippen LogP contribution in [0, 0.1) is 20.8 Å². The van der Waals surface area contributed by atoms with Gasteiger partial charge in [0.2, 0.25) is 0 Å². The van der Waals surface area contributed by atoms with Crippen LogP contribution >= 0.6 is 0 Å². The first-order valence-corrected chi connectivity index (χ1v) is 7.45. The number of ether oxygens (including phenoxy) is 1. The number of rotatable bonds is 7. The largest absolute Gasteiger partial charge is 0.401 e. The molecule has 0 aliphatic heterocycles. The number of nitrogens with zero attached hydrogens (tertiary/aromatic N) is 1. The van der Waals surface area contributed by atoms with Gasteiger partial charge in [-0.2, -0.15) is 13.2 Å². The van der Waals surface area contributed by atoms with E-state index in [0.717, 1.165) is 22.3 Å². The Labute approximate surface area is 135 Å². The summed E-state index contributed by atoms with van der Waals surface area (Å²) in [5, 5.41) is 0. The van der Waals surface area contributed by atoms with E-state index in [-0.39, 0.29) is 25.5 Å². The Bertz CT molecular complexity index is 568. The van der Waals surface area contributed by atoms with Crippen LogP contribution in [0.25, 0.3) is 0 Å². The summed E-state index contributed by atoms with van der Waals surface area (Å²) in [7, 11) is 1.46. The normalized spacial score (nSPS) is 12.0. The Hall–Kier alpha value is -1.40. The average molecular weight is 331 g/mol. The summed E-state index contributed by atoms with van der Waals surface area (Å²) < 4.78 is 43.2. The molecule has 0 atom stereocenters. The van der Waals surface area contributed by atoms with Crippen molar-refractivity contribution in [1.29, 1.82) is 0 Å². The van der Waals surface area contributed by atoms with Crippen LogP contribution < -0.4 is 0 Å². The van der Waals surface area contributed by atoms with E-state index in [1.54, 1.807) is 6.92 Å². The van der Waals surface area contributed by atoms with Crippen molar-refractivity contribution in [2.45, 2.75) is 40.4 Å². The standard InChI is InChI=1S/C17H24F3NO2/c1-11-8-12(2)16(14(4)22)13(3)15(11)9-21(6-7-23-5)10-17(18,19)20/h8H,6-7,9-10H2,1-5H3. The van der Waals surface area contributed by atoms with E-state index in [1.165, 1.54) is 18.9 Å². The molecule has 0 radical (unpaired) electrons. The Morgan fingerprint density at radius 3 is 2.30 bits per heavy atom. The third-order valence-electron chi connectivity index (χ3n) is 3.88. The molecule has 0 aliphatic carbocycles. The molecule has 0 saturated carbocycles. The SMILES string of the molecule is COCCN(Cc1c(C)cc(C)c(C(C)=O)c1C)CC(F)(F)F. The summed E-state index contributed by atoms with van der Waals surface area (Å²) in [5.74, 6) is -0.0690. The fourth-order valence-corrected chi connectivity index (χ4v) is 2.92. The molecule has 1 rings (SSSR count). The van der Waals surface area contributed by atoms with Crippen molar-refractivity contribution >= 4 is 5.78 Å². The molecule has 6 heteroatoms. The number of carbonyl (C=O) groups is 1. The van der Waals surface area contributed by atoms with Crippen LogP contribution in [0.5, 0.6) is 0 Å². The first kappa shape index (κ1) is 19.6. The second kappa shape index (κ2) is 7.93. The van der Waals surface area contributed by atoms with Crippen molar-refractivity contribution < 1.29 is 22.7 Å². The van der Waals surface area contributed by atoms with Crippen LogP contribution in [0.15, 0.2) is 6.07 Å². The van der Waals surface area contributed by atoms with Gasteiger partial charge in [-0.15, -0.1) is 0 Å². The van der Waals surface area contributed by atoms with Gasteiger partial charge in [0.05, 0.1) is 13.2 Å². The lowest BCUT2D eigenvalue weighted by Crippen LogP contribution is -2.36. The van der Waals surface area contributed by atoms with E-state index in [0.29, 0.717) is 5.56 Å². The predicted octanol–water partition coefficient (Wildman–Crippen LogP) is 3.83. The van der Waals surface area contributed by atoms with Crippen molar-refractivity contribution in [3.8, 4) is 0 Å². The minimum absolute atomic E-state index is 0.0690. The summed E-state index contributed by atoms with van der Waals surface area (Å²) in [6, 6.07) is 1.86. The van der Waals surface area contributed by atoms with Crippen molar-refractivity contribution in [3.63, 3.8) is 0 Å². The van der Waals surface area contributed by atoms with Gasteiger partial charge in [-0.3, -0.25) is 9.69 Å². The highest BCUT2D eigenvalue weighted by atomic mass is 19.4. The molecule has 0 saturated heterocycles. The van der Waals surface area contributed by atoms with E-state index < -0.39 is 12.7 Å². The number of carbonyl (C=O) groups excluding carboxylic acids is 1. The van der Waals surface area contributed by atoms with Gasteiger partial charge in [0.15, 0.2) is 5.78 Å². The van der Waals surface area contributed by atoms with Crippen molar-refractivity contribution in [1.82, 2.24) is 4.90 Å². The van der Waals surface area contributed by atoms with Gasteiger partial charge in [-0.1, -0.05) is 6.07 Å². The fourth-order valence-electron chi connectivity index (χ4n) is 2.92. The van der Waals surface area contributed by atoms with E-state index >= 15 is 0 Å². The summed E-state index contributed by atoms with van der Waals surface area (Å²) in [4.78, 5) is 13.1. The number of hydrogen-bond donors (Lipinski definition) is 0. The molecule has 130 valence electrons. The van der Waals surface area contributed by atoms with Crippen LogP contribution in [0.2, 0.25) is 0 Å². The van der Waals surface area contributed by atoms with Gasteiger partial charge in [-0.25, -0.2) is 0 Å². The molecule has 0 fully saturated rings. The number of Topliss-reactive ketones (excluding diaryl/α,β-unsaturated/α-hetero) is 1. The van der Waals surface area contributed by atoms with Crippen LogP contribution in [-0.2, 0) is 11.3 Å². The second-order valence-electron chi connectivity index (χ2n) is 5.86. The minimum Gasteiger partial charge on any atom is -0.383 e. The molecule has 23 heavy (non-hydrogen) atoms. The molecule has 0 N–H and O–H groups in total. The lowest BCUT2D eigenvalue weighted by atomic mass is 9.91. The maximum Gasteiger partial charge on any atom is 0.401 e. The van der Waals surface area contributed by atoms with Crippen molar-refractivity contribution in [2.75, 3.05) is 26.8 Å². The highest BCUT2D eigenvalue weighted by molar-refractivity contribution is 5.97. The lowest BCUT2D eigenvalue weighted by Gasteiger charge is -2.26. The Morgan fingerprint density at radius 1 is 1.22 bits per heavy atom. The molecular weight excluding hydrogens is 307 g/mol. The van der Waals surface area contributed by atoms with E-state index in [4.69, 9.17) is 4.74 Å². The average Bonchev–Trinajstić information content (AvgIpc) is 2.38. The van der Waals surface area contributed by atoms with Gasteiger partial charge < -0.3 is 4.74 Å². The zero-order valence-corrected chi connectivity index (χ0v) is 14.3. The molecule has 0 amide bonds. The Balaban J connectivity index is 3.17. The van der Waals surface area contributed by atoms with Crippen LogP contribution in [0.3, 0.4) is 0 Å². The maximum absolute atomic E-state index is 12.8. The molecule has 0 spiro atoms. The minimum atomic E-state index is -4.27. The van der Waals surface area contributed by atoms with Crippen molar-refractivity contribution in [2.24, 2.45) is 0 Å². The number of benzene rings is 1. The molecular formula is C17H24F3NO2. The van der Waals surface area contributed by atoms with E-state index in [9.17, 15) is 18.0 Å². The summed E-state index contributed by atoms with van der Waals surface area (Å²) in [6.45, 7) is 6.53. The molecule has 0 aliphatic rings. The maximum atomic E-state index is 12.8. The number of methoxy groups -OCH3 is 1. The molecule has 0 unspecified atom stereocenters. The highest BCUT2D eigenvalue weighted by Crippen LogP contribution is 2.25. The number of hydrogen-bond acceptors (Lipinski definition) is 3. The van der Waals surface area contributed by atoms with E-state index in [2.05, 4.69) is 0 Å². The lowest BCUT2D eigenvalue weighted by molar-refractivity contribution is -0.148. The third-order valence-corrected chi connectivity index (χ3v) is 3.88. The number of alkyl halides is 3. The molecule has 0 heterocycles. The first-order chi connectivity index (χ1) is 10.6. The molecule has 3 nitrogen and oxygen atoms in total. The summed E-state index contributed by atoms with van der Waals surface area (Å²) >= 11 is 0. The van der Waals surface area contributed by atoms with Crippen LogP contribution in [0.1, 0.15) is 39.5 Å². The van der Waals surface area contributed by atoms with Gasteiger partial charge in [0, 0.05) is 25.8 Å². The van der Waals surface area contributed by atoms with Gasteiger partial charge >= 0.3 is 6.18 Å². The van der Waals surface area contributed by atoms with Crippen molar-refractivity contribution in [3.05, 3.63) is 33.9 Å². The van der Waals surface area contributed by atoms with Crippen LogP contribution in [0.4, 0.5) is 13.2 Å². The quantitative estimate of drug-likeness (QED) is 0.711. The predicted molar refractivity (Wildman–Crippen MR) is 83.9 cm³/mol. The summed E-state index contributed by atoms with van der Waals surface area (Å²) in [5.41, 5.74) is 3.90. The number of aryl methyl sites for hydroxylation is 2. The Morgan fingerprint density at radius 2 is 1.83 bits per heavy atom. The number of ketones is 1. The zero-order valence-electron chi connectivity index (χ0n) is 14.3. The van der Waals surface area contributed by atoms with Gasteiger partial charge in [-0.05, 0) is 49.9 Å². The molecule has 1 aromatic rings. The third kappa shape index (κ3) is 5.62. The molecule has 1 aromatic carbocycles. The zero-order chi connectivity index (χ0) is 17.8. The van der Waals surface area contributed by atoms with Crippen LogP contribution in [-0.4, -0.2) is 43.7 Å². The Kier molecular flexibility index (Phi) is 6.77. The smallest absolute Gasteiger partial charge is 0.383 e. The monoisotopic (exact) mass is 331 g/mol. The van der Waals surface area contributed by atoms with E-state index in [1.807, 2.05) is 19.9 Å². The highest BCUT2D eigenvalue weighted by Gasteiger charge is 2.31.